The molecule has 0 saturated heterocycles. The van der Waals surface area contributed by atoms with Crippen LogP contribution in [0.15, 0.2) is 48.5 Å². The van der Waals surface area contributed by atoms with Crippen LogP contribution in [-0.2, 0) is 11.2 Å². The zero-order chi connectivity index (χ0) is 18.4. The fraction of sp³-hybridized carbons (Fsp3) is 0.118. The van der Waals surface area contributed by atoms with Crippen molar-refractivity contribution in [2.24, 2.45) is 5.73 Å². The Labute approximate surface area is 143 Å². The number of amides is 2. The Morgan fingerprint density at radius 3 is 2.40 bits per heavy atom. The van der Waals surface area contributed by atoms with Gasteiger partial charge in [-0.05, 0) is 24.3 Å². The lowest BCUT2D eigenvalue weighted by atomic mass is 10.0. The summed E-state index contributed by atoms with van der Waals surface area (Å²) in [5.74, 6) is -1.37. The van der Waals surface area contributed by atoms with Crippen molar-refractivity contribution in [3.63, 3.8) is 0 Å². The molecule has 0 saturated carbocycles. The first-order valence-corrected chi connectivity index (χ1v) is 7.25. The van der Waals surface area contributed by atoms with Crippen LogP contribution >= 0.6 is 0 Å². The second kappa shape index (κ2) is 7.70. The maximum atomic E-state index is 12.2. The Morgan fingerprint density at radius 1 is 1.20 bits per heavy atom. The van der Waals surface area contributed by atoms with Gasteiger partial charge in [0.1, 0.15) is 6.04 Å². The van der Waals surface area contributed by atoms with Gasteiger partial charge in [-0.3, -0.25) is 19.7 Å². The summed E-state index contributed by atoms with van der Waals surface area (Å²) in [6, 6.07) is 12.6. The third kappa shape index (κ3) is 4.39. The Balaban J connectivity index is 2.19. The molecule has 0 unspecified atom stereocenters. The minimum Gasteiger partial charge on any atom is -0.368 e. The molecule has 2 aromatic rings. The number of hydrogen-bond donors (Lipinski definition) is 2. The summed E-state index contributed by atoms with van der Waals surface area (Å²) in [4.78, 5) is 34.4. The van der Waals surface area contributed by atoms with Crippen LogP contribution in [0.25, 0.3) is 0 Å². The van der Waals surface area contributed by atoms with E-state index in [4.69, 9.17) is 11.0 Å². The summed E-state index contributed by atoms with van der Waals surface area (Å²) in [6.07, 6.45) is -0.103. The fourth-order valence-corrected chi connectivity index (χ4v) is 2.24. The lowest BCUT2D eigenvalue weighted by molar-refractivity contribution is -0.385. The van der Waals surface area contributed by atoms with Gasteiger partial charge in [-0.1, -0.05) is 18.2 Å². The van der Waals surface area contributed by atoms with Crippen molar-refractivity contribution in [1.82, 2.24) is 5.32 Å². The van der Waals surface area contributed by atoms with Crippen LogP contribution in [0.5, 0.6) is 0 Å². The molecule has 2 rings (SSSR count). The van der Waals surface area contributed by atoms with Gasteiger partial charge in [0.25, 0.3) is 11.6 Å². The van der Waals surface area contributed by atoms with Crippen LogP contribution < -0.4 is 11.1 Å². The molecule has 126 valence electrons. The SMILES string of the molecule is N#Cc1ccc(C(=O)N[C@@H](Cc2ccccc2[N+](=O)[O-])C(N)=O)cc1. The highest BCUT2D eigenvalue weighted by Gasteiger charge is 2.23. The molecule has 25 heavy (non-hydrogen) atoms. The van der Waals surface area contributed by atoms with Crippen molar-refractivity contribution in [3.05, 3.63) is 75.3 Å². The number of nitro groups is 1. The molecule has 0 heterocycles. The average Bonchev–Trinajstić information content (AvgIpc) is 2.61. The van der Waals surface area contributed by atoms with Gasteiger partial charge in [-0.2, -0.15) is 5.26 Å². The molecule has 0 aliphatic heterocycles. The van der Waals surface area contributed by atoms with Gasteiger partial charge in [0, 0.05) is 23.6 Å². The number of benzene rings is 2. The molecule has 0 fully saturated rings. The van der Waals surface area contributed by atoms with E-state index in [1.54, 1.807) is 6.07 Å². The van der Waals surface area contributed by atoms with Crippen molar-refractivity contribution >= 4 is 17.5 Å². The second-order valence-corrected chi connectivity index (χ2v) is 5.21. The van der Waals surface area contributed by atoms with Crippen molar-refractivity contribution in [1.29, 1.82) is 5.26 Å². The average molecular weight is 338 g/mol. The van der Waals surface area contributed by atoms with Gasteiger partial charge in [0.15, 0.2) is 0 Å². The highest BCUT2D eigenvalue weighted by Crippen LogP contribution is 2.19. The first-order valence-electron chi connectivity index (χ1n) is 7.25. The molecule has 2 amide bonds. The molecule has 2 aromatic carbocycles. The number of carbonyl (C=O) groups is 2. The first kappa shape index (κ1) is 17.6. The largest absolute Gasteiger partial charge is 0.368 e. The monoisotopic (exact) mass is 338 g/mol. The van der Waals surface area contributed by atoms with Crippen LogP contribution in [0.4, 0.5) is 5.69 Å². The molecular weight excluding hydrogens is 324 g/mol. The van der Waals surface area contributed by atoms with Gasteiger partial charge in [0.2, 0.25) is 5.91 Å². The summed E-state index contributed by atoms with van der Waals surface area (Å²) in [7, 11) is 0. The number of primary amides is 1. The van der Waals surface area contributed by atoms with Crippen LogP contribution in [-0.4, -0.2) is 22.8 Å². The van der Waals surface area contributed by atoms with Crippen LogP contribution in [0, 0.1) is 21.4 Å². The van der Waals surface area contributed by atoms with Crippen LogP contribution in [0.2, 0.25) is 0 Å². The third-order valence-electron chi connectivity index (χ3n) is 3.54. The van der Waals surface area contributed by atoms with E-state index in [1.165, 1.54) is 42.5 Å². The van der Waals surface area contributed by atoms with E-state index < -0.39 is 22.8 Å². The van der Waals surface area contributed by atoms with Crippen LogP contribution in [0.3, 0.4) is 0 Å². The maximum Gasteiger partial charge on any atom is 0.272 e. The zero-order valence-electron chi connectivity index (χ0n) is 13.0. The maximum absolute atomic E-state index is 12.2. The number of hydrogen-bond acceptors (Lipinski definition) is 5. The fourth-order valence-electron chi connectivity index (χ4n) is 2.24. The first-order chi connectivity index (χ1) is 11.9. The third-order valence-corrected chi connectivity index (χ3v) is 3.54. The number of nitrogens with one attached hydrogen (secondary N) is 1. The molecule has 0 aliphatic rings. The quantitative estimate of drug-likeness (QED) is 0.603. The zero-order valence-corrected chi connectivity index (χ0v) is 13.0. The topological polar surface area (TPSA) is 139 Å². The number of para-hydroxylation sites is 1. The summed E-state index contributed by atoms with van der Waals surface area (Å²) in [6.45, 7) is 0. The minimum atomic E-state index is -1.11. The number of nitro benzene ring substituents is 1. The molecule has 0 aromatic heterocycles. The molecule has 3 N–H and O–H groups in total. The van der Waals surface area contributed by atoms with E-state index in [0.29, 0.717) is 5.56 Å². The number of nitrogens with zero attached hydrogens (tertiary/aromatic N) is 2. The molecule has 8 nitrogen and oxygen atoms in total. The van der Waals surface area contributed by atoms with Crippen molar-refractivity contribution in [2.45, 2.75) is 12.5 Å². The van der Waals surface area contributed by atoms with Gasteiger partial charge >= 0.3 is 0 Å². The number of rotatable bonds is 6. The molecule has 8 heteroatoms. The lowest BCUT2D eigenvalue weighted by Crippen LogP contribution is -2.45. The molecule has 0 bridgehead atoms. The predicted octanol–water partition coefficient (Wildman–Crippen LogP) is 1.29. The molecule has 0 spiro atoms. The van der Waals surface area contributed by atoms with E-state index in [0.717, 1.165) is 0 Å². The highest BCUT2D eigenvalue weighted by atomic mass is 16.6. The number of carbonyl (C=O) groups excluding carboxylic acids is 2. The van der Waals surface area contributed by atoms with E-state index in [-0.39, 0.29) is 23.2 Å². The normalized spacial score (nSPS) is 11.2. The lowest BCUT2D eigenvalue weighted by Gasteiger charge is -2.15. The van der Waals surface area contributed by atoms with Crippen molar-refractivity contribution in [3.8, 4) is 6.07 Å². The highest BCUT2D eigenvalue weighted by molar-refractivity contribution is 5.97. The summed E-state index contributed by atoms with van der Waals surface area (Å²) in [5, 5.41) is 22.3. The van der Waals surface area contributed by atoms with Gasteiger partial charge in [0.05, 0.1) is 16.6 Å². The second-order valence-electron chi connectivity index (χ2n) is 5.21. The molecule has 1 atom stereocenters. The summed E-state index contributed by atoms with van der Waals surface area (Å²) < 4.78 is 0. The molecule has 0 aliphatic carbocycles. The standard InChI is InChI=1S/C17H14N4O4/c18-10-11-5-7-12(8-6-11)17(23)20-14(16(19)22)9-13-3-1-2-4-15(13)21(24)25/h1-8,14H,9H2,(H2,19,22)(H,20,23)/t14-/m0/s1. The summed E-state index contributed by atoms with van der Waals surface area (Å²) in [5.41, 5.74) is 6.09. The Bertz CT molecular complexity index is 856. The Morgan fingerprint density at radius 2 is 1.84 bits per heavy atom. The van der Waals surface area contributed by atoms with Gasteiger partial charge in [-0.25, -0.2) is 0 Å². The Hall–Kier alpha value is -3.73. The molecule has 0 radical (unpaired) electrons. The van der Waals surface area contributed by atoms with Crippen LogP contribution in [0.1, 0.15) is 21.5 Å². The smallest absolute Gasteiger partial charge is 0.272 e. The van der Waals surface area contributed by atoms with Crippen molar-refractivity contribution < 1.29 is 14.5 Å². The van der Waals surface area contributed by atoms with E-state index in [1.807, 2.05) is 6.07 Å². The van der Waals surface area contributed by atoms with Gasteiger partial charge in [-0.15, -0.1) is 0 Å². The Kier molecular flexibility index (Phi) is 5.43. The van der Waals surface area contributed by atoms with Gasteiger partial charge < -0.3 is 11.1 Å². The van der Waals surface area contributed by atoms with E-state index in [2.05, 4.69) is 5.32 Å². The van der Waals surface area contributed by atoms with E-state index >= 15 is 0 Å². The predicted molar refractivity (Wildman–Crippen MR) is 88.4 cm³/mol. The number of nitriles is 1. The molecular formula is C17H14N4O4. The minimum absolute atomic E-state index is 0.103. The van der Waals surface area contributed by atoms with Crippen molar-refractivity contribution in [2.75, 3.05) is 0 Å². The summed E-state index contributed by atoms with van der Waals surface area (Å²) >= 11 is 0. The number of nitrogens with two attached hydrogens (primary N) is 1. The van der Waals surface area contributed by atoms with E-state index in [9.17, 15) is 19.7 Å².